The van der Waals surface area contributed by atoms with Gasteiger partial charge in [-0.25, -0.2) is 4.39 Å². The minimum atomic E-state index is -4.92. The number of hydrazone groups is 1. The maximum Gasteiger partial charge on any atom is 0.418 e. The lowest BCUT2D eigenvalue weighted by atomic mass is 9.74. The summed E-state index contributed by atoms with van der Waals surface area (Å²) in [7, 11) is 1.37. The Bertz CT molecular complexity index is 879. The summed E-state index contributed by atoms with van der Waals surface area (Å²) >= 11 is 0. The Morgan fingerprint density at radius 1 is 1.27 bits per heavy atom. The average molecular weight is 427 g/mol. The first-order valence-electron chi connectivity index (χ1n) is 9.51. The van der Waals surface area contributed by atoms with Crippen LogP contribution in [0.25, 0.3) is 0 Å². The van der Waals surface area contributed by atoms with E-state index in [4.69, 9.17) is 4.74 Å². The van der Waals surface area contributed by atoms with Gasteiger partial charge < -0.3 is 20.6 Å². The molecule has 5 nitrogen and oxygen atoms in total. The number of allylic oxidation sites excluding steroid dienone is 2. The zero-order valence-corrected chi connectivity index (χ0v) is 16.9. The maximum absolute atomic E-state index is 14.5. The highest BCUT2D eigenvalue weighted by molar-refractivity contribution is 5.69. The third-order valence-electron chi connectivity index (χ3n) is 5.55. The van der Waals surface area contributed by atoms with Crippen molar-refractivity contribution in [3.63, 3.8) is 0 Å². The van der Waals surface area contributed by atoms with Crippen molar-refractivity contribution in [1.82, 2.24) is 10.7 Å². The molecule has 3 unspecified atom stereocenters. The van der Waals surface area contributed by atoms with Gasteiger partial charge in [-0.3, -0.25) is 0 Å². The molecule has 1 aliphatic carbocycles. The Labute approximate surface area is 172 Å². The topological polar surface area (TPSA) is 65.9 Å². The van der Waals surface area contributed by atoms with Crippen molar-refractivity contribution < 1.29 is 27.4 Å². The van der Waals surface area contributed by atoms with E-state index >= 15 is 0 Å². The van der Waals surface area contributed by atoms with Gasteiger partial charge in [-0.15, -0.1) is 0 Å². The van der Waals surface area contributed by atoms with Crippen molar-refractivity contribution in [2.75, 3.05) is 13.7 Å². The van der Waals surface area contributed by atoms with Crippen LogP contribution in [0.2, 0.25) is 0 Å². The molecule has 0 radical (unpaired) electrons. The minimum Gasteiger partial charge on any atom is -0.497 e. The Kier molecular flexibility index (Phi) is 5.86. The van der Waals surface area contributed by atoms with Crippen LogP contribution in [0.5, 0.6) is 5.75 Å². The van der Waals surface area contributed by atoms with E-state index in [-0.39, 0.29) is 23.3 Å². The highest BCUT2D eigenvalue weighted by Crippen LogP contribution is 2.42. The fourth-order valence-electron chi connectivity index (χ4n) is 3.89. The molecular weight excluding hydrogens is 402 g/mol. The van der Waals surface area contributed by atoms with Gasteiger partial charge in [0.2, 0.25) is 0 Å². The molecule has 0 saturated heterocycles. The lowest BCUT2D eigenvalue weighted by molar-refractivity contribution is -0.264. The normalized spacial score (nSPS) is 22.7. The van der Waals surface area contributed by atoms with Crippen LogP contribution >= 0.6 is 0 Å². The summed E-state index contributed by atoms with van der Waals surface area (Å²) in [6.45, 7) is 2.18. The molecule has 0 bridgehead atoms. The van der Waals surface area contributed by atoms with Gasteiger partial charge in [0.1, 0.15) is 11.6 Å². The van der Waals surface area contributed by atoms with Gasteiger partial charge in [0.05, 0.1) is 25.6 Å². The fraction of sp³-hybridized carbons (Fsp3) is 0.476. The summed E-state index contributed by atoms with van der Waals surface area (Å²) in [5.41, 5.74) is -0.939. The van der Waals surface area contributed by atoms with E-state index in [1.54, 1.807) is 18.4 Å². The van der Waals surface area contributed by atoms with Gasteiger partial charge in [0.25, 0.3) is 0 Å². The third kappa shape index (κ3) is 4.30. The second-order valence-electron chi connectivity index (χ2n) is 8.26. The summed E-state index contributed by atoms with van der Waals surface area (Å²) in [5.74, 6) is -0.661. The lowest BCUT2D eigenvalue weighted by Crippen LogP contribution is -2.56. The van der Waals surface area contributed by atoms with Crippen LogP contribution < -0.4 is 15.5 Å². The maximum atomic E-state index is 14.5. The highest BCUT2D eigenvalue weighted by Gasteiger charge is 2.56. The summed E-state index contributed by atoms with van der Waals surface area (Å²) < 4.78 is 61.2. The van der Waals surface area contributed by atoms with Crippen LogP contribution in [-0.4, -0.2) is 42.8 Å². The lowest BCUT2D eigenvalue weighted by Gasteiger charge is -2.39. The number of hydrogen-bond acceptors (Lipinski definition) is 5. The molecule has 1 aromatic rings. The number of ether oxygens (including phenoxy) is 1. The molecular formula is C21H25F4N3O2. The number of nitrogens with zero attached hydrogens (tertiary/aromatic N) is 1. The van der Waals surface area contributed by atoms with Gasteiger partial charge in [-0.05, 0) is 29.5 Å². The molecule has 1 aliphatic heterocycles. The zero-order chi connectivity index (χ0) is 22.2. The monoisotopic (exact) mass is 427 g/mol. The SMILES string of the molecule is COc1ccc(C(C)(C)CC(O)(CNC2=CC=CC3NN=CC23)C(F)(F)F)c(F)c1. The molecule has 9 heteroatoms. The molecule has 164 valence electrons. The van der Waals surface area contributed by atoms with E-state index in [2.05, 4.69) is 15.8 Å². The van der Waals surface area contributed by atoms with Crippen molar-refractivity contribution >= 4 is 6.21 Å². The quantitative estimate of drug-likeness (QED) is 0.584. The van der Waals surface area contributed by atoms with Crippen LogP contribution in [0.3, 0.4) is 0 Å². The van der Waals surface area contributed by atoms with E-state index in [0.717, 1.165) is 6.07 Å². The molecule has 2 aliphatic rings. The summed E-state index contributed by atoms with van der Waals surface area (Å²) in [6.07, 6.45) is 1.18. The predicted octanol–water partition coefficient (Wildman–Crippen LogP) is 3.41. The molecule has 3 atom stereocenters. The number of halogens is 4. The Morgan fingerprint density at radius 2 is 2.00 bits per heavy atom. The number of methoxy groups -OCH3 is 1. The average Bonchev–Trinajstić information content (AvgIpc) is 3.14. The van der Waals surface area contributed by atoms with Crippen LogP contribution in [0.4, 0.5) is 17.6 Å². The molecule has 0 aromatic heterocycles. The highest BCUT2D eigenvalue weighted by atomic mass is 19.4. The zero-order valence-electron chi connectivity index (χ0n) is 16.9. The number of fused-ring (bicyclic) bond motifs is 1. The summed E-state index contributed by atoms with van der Waals surface area (Å²) in [4.78, 5) is 0. The standard InChI is InChI=1S/C21H25F4N3O2/c1-19(2,15-8-7-13(30-3)9-16(15)22)11-20(29,21(23,24)25)12-26-17-5-4-6-18-14(17)10-27-28-18/h4-10,14,18,26,28-29H,11-12H2,1-3H3. The largest absolute Gasteiger partial charge is 0.497 e. The first-order chi connectivity index (χ1) is 14.0. The van der Waals surface area contributed by atoms with E-state index < -0.39 is 36.0 Å². The number of nitrogens with one attached hydrogen (secondary N) is 2. The predicted molar refractivity (Wildman–Crippen MR) is 106 cm³/mol. The minimum absolute atomic E-state index is 0.0676. The number of rotatable bonds is 7. The molecule has 0 amide bonds. The van der Waals surface area contributed by atoms with Crippen molar-refractivity contribution in [1.29, 1.82) is 0 Å². The van der Waals surface area contributed by atoms with Crippen LogP contribution in [0.15, 0.2) is 47.2 Å². The van der Waals surface area contributed by atoms with Crippen LogP contribution in [0, 0.1) is 11.7 Å². The van der Waals surface area contributed by atoms with Gasteiger partial charge in [-0.2, -0.15) is 18.3 Å². The van der Waals surface area contributed by atoms with Crippen molar-refractivity contribution in [2.45, 2.75) is 43.5 Å². The second-order valence-corrected chi connectivity index (χ2v) is 8.26. The van der Waals surface area contributed by atoms with E-state index in [1.807, 2.05) is 6.08 Å². The van der Waals surface area contributed by atoms with E-state index in [0.29, 0.717) is 5.70 Å². The number of aliphatic hydroxyl groups is 1. The number of alkyl halides is 3. The summed E-state index contributed by atoms with van der Waals surface area (Å²) in [6, 6.07) is 3.85. The van der Waals surface area contributed by atoms with Crippen molar-refractivity contribution in [3.8, 4) is 5.75 Å². The van der Waals surface area contributed by atoms with Crippen LogP contribution in [-0.2, 0) is 5.41 Å². The molecule has 0 spiro atoms. The molecule has 3 N–H and O–H groups in total. The van der Waals surface area contributed by atoms with Gasteiger partial charge in [-0.1, -0.05) is 32.1 Å². The summed E-state index contributed by atoms with van der Waals surface area (Å²) in [5, 5.41) is 17.4. The molecule has 1 heterocycles. The fourth-order valence-corrected chi connectivity index (χ4v) is 3.89. The number of benzene rings is 1. The van der Waals surface area contributed by atoms with E-state index in [9.17, 15) is 22.7 Å². The molecule has 3 rings (SSSR count). The van der Waals surface area contributed by atoms with Gasteiger partial charge >= 0.3 is 6.18 Å². The molecule has 30 heavy (non-hydrogen) atoms. The Hall–Kier alpha value is -2.55. The Morgan fingerprint density at radius 3 is 2.63 bits per heavy atom. The first kappa shape index (κ1) is 22.1. The first-order valence-corrected chi connectivity index (χ1v) is 9.51. The third-order valence-corrected chi connectivity index (χ3v) is 5.55. The van der Waals surface area contributed by atoms with Gasteiger partial charge in [0.15, 0.2) is 5.60 Å². The van der Waals surface area contributed by atoms with Crippen molar-refractivity contribution in [2.24, 2.45) is 11.0 Å². The Balaban J connectivity index is 1.82. The number of hydrogen-bond donors (Lipinski definition) is 3. The molecule has 0 saturated carbocycles. The van der Waals surface area contributed by atoms with Gasteiger partial charge in [0, 0.05) is 18.0 Å². The van der Waals surface area contributed by atoms with E-state index in [1.165, 1.54) is 33.1 Å². The second kappa shape index (κ2) is 7.94. The van der Waals surface area contributed by atoms with Crippen LogP contribution in [0.1, 0.15) is 25.8 Å². The molecule has 0 fully saturated rings. The smallest absolute Gasteiger partial charge is 0.418 e. The van der Waals surface area contributed by atoms with Crippen molar-refractivity contribution in [3.05, 3.63) is 53.5 Å². The molecule has 1 aromatic carbocycles.